The fourth-order valence-corrected chi connectivity index (χ4v) is 5.10. The molecule has 2 saturated carbocycles. The van der Waals surface area contributed by atoms with Crippen molar-refractivity contribution < 1.29 is 19.1 Å². The number of fused-ring (bicyclic) bond motifs is 2. The maximum atomic E-state index is 11.8. The molecule has 0 aromatic rings. The van der Waals surface area contributed by atoms with E-state index in [1.807, 2.05) is 0 Å². The molecule has 0 spiro atoms. The average Bonchev–Trinajstić information content (AvgIpc) is 2.96. The number of carbonyl (C=O) groups is 2. The number of carbonyl (C=O) groups excluding carboxylic acids is 2. The molecule has 0 aromatic carbocycles. The van der Waals surface area contributed by atoms with Crippen molar-refractivity contribution in [1.29, 1.82) is 0 Å². The summed E-state index contributed by atoms with van der Waals surface area (Å²) >= 11 is 0. The van der Waals surface area contributed by atoms with Gasteiger partial charge in [-0.2, -0.15) is 0 Å². The van der Waals surface area contributed by atoms with Gasteiger partial charge >= 0.3 is 11.9 Å². The molecule has 4 heteroatoms. The lowest BCUT2D eigenvalue weighted by Crippen LogP contribution is -2.33. The maximum Gasteiger partial charge on any atom is 0.314 e. The second-order valence-electron chi connectivity index (χ2n) is 7.35. The van der Waals surface area contributed by atoms with Crippen LogP contribution in [0.25, 0.3) is 0 Å². The summed E-state index contributed by atoms with van der Waals surface area (Å²) in [5, 5.41) is 0. The van der Waals surface area contributed by atoms with Gasteiger partial charge in [-0.3, -0.25) is 9.59 Å². The second kappa shape index (κ2) is 4.97. The molecule has 4 fully saturated rings. The zero-order chi connectivity index (χ0) is 15.4. The van der Waals surface area contributed by atoms with Crippen LogP contribution in [0.3, 0.4) is 0 Å². The Labute approximate surface area is 130 Å². The molecule has 0 N–H and O–H groups in total. The maximum absolute atomic E-state index is 11.8. The van der Waals surface area contributed by atoms with Gasteiger partial charge in [0, 0.05) is 11.8 Å². The molecule has 0 amide bonds. The van der Waals surface area contributed by atoms with Gasteiger partial charge in [-0.1, -0.05) is 13.2 Å². The van der Waals surface area contributed by atoms with Gasteiger partial charge in [-0.15, -0.1) is 0 Å². The van der Waals surface area contributed by atoms with Crippen molar-refractivity contribution in [2.24, 2.45) is 35.5 Å². The minimum absolute atomic E-state index is 0.0337. The van der Waals surface area contributed by atoms with Gasteiger partial charge in [0.1, 0.15) is 11.5 Å². The molecule has 0 radical (unpaired) electrons. The number of esters is 2. The molecule has 4 aliphatic rings. The normalized spacial score (nSPS) is 44.4. The van der Waals surface area contributed by atoms with E-state index in [2.05, 4.69) is 13.2 Å². The third kappa shape index (κ3) is 2.03. The molecule has 2 aliphatic carbocycles. The highest BCUT2D eigenvalue weighted by molar-refractivity contribution is 5.78. The van der Waals surface area contributed by atoms with Crippen molar-refractivity contribution in [2.45, 2.75) is 38.5 Å². The van der Waals surface area contributed by atoms with E-state index in [1.54, 1.807) is 0 Å². The first-order chi connectivity index (χ1) is 10.5. The molecule has 22 heavy (non-hydrogen) atoms. The first-order valence-electron chi connectivity index (χ1n) is 8.35. The highest BCUT2D eigenvalue weighted by Gasteiger charge is 2.49. The Morgan fingerprint density at radius 3 is 1.50 bits per heavy atom. The van der Waals surface area contributed by atoms with Crippen LogP contribution in [0.2, 0.25) is 0 Å². The van der Waals surface area contributed by atoms with Crippen molar-refractivity contribution in [2.75, 3.05) is 0 Å². The van der Waals surface area contributed by atoms with Crippen molar-refractivity contribution in [3.8, 4) is 0 Å². The van der Waals surface area contributed by atoms with Gasteiger partial charge in [0.2, 0.25) is 0 Å². The Hall–Kier alpha value is -1.58. The SMILES string of the molecule is C=C1OC(=O)[C@@H]2CCC(C3CC[C@H]4C(=O)OC(=C)[C@H]4C3)CC12. The van der Waals surface area contributed by atoms with Crippen molar-refractivity contribution in [3.63, 3.8) is 0 Å². The molecule has 3 unspecified atom stereocenters. The van der Waals surface area contributed by atoms with Gasteiger partial charge in [0.05, 0.1) is 11.8 Å². The summed E-state index contributed by atoms with van der Waals surface area (Å²) in [6, 6.07) is 0. The summed E-state index contributed by atoms with van der Waals surface area (Å²) in [6.45, 7) is 7.84. The van der Waals surface area contributed by atoms with E-state index >= 15 is 0 Å². The monoisotopic (exact) mass is 302 g/mol. The number of ether oxygens (including phenoxy) is 2. The summed E-state index contributed by atoms with van der Waals surface area (Å²) in [7, 11) is 0. The highest BCUT2D eigenvalue weighted by Crippen LogP contribution is 2.51. The summed E-state index contributed by atoms with van der Waals surface area (Å²) in [5.74, 6) is 2.82. The molecule has 0 bridgehead atoms. The van der Waals surface area contributed by atoms with Crippen molar-refractivity contribution in [1.82, 2.24) is 0 Å². The van der Waals surface area contributed by atoms with Crippen molar-refractivity contribution >= 4 is 11.9 Å². The van der Waals surface area contributed by atoms with Crippen LogP contribution in [0.4, 0.5) is 0 Å². The van der Waals surface area contributed by atoms with E-state index < -0.39 is 0 Å². The third-order valence-electron chi connectivity index (χ3n) is 6.34. The largest absolute Gasteiger partial charge is 0.431 e. The lowest BCUT2D eigenvalue weighted by atomic mass is 9.64. The molecule has 0 aromatic heterocycles. The first kappa shape index (κ1) is 14.0. The zero-order valence-electron chi connectivity index (χ0n) is 12.8. The van der Waals surface area contributed by atoms with Gasteiger partial charge in [0.15, 0.2) is 0 Å². The minimum Gasteiger partial charge on any atom is -0.431 e. The fourth-order valence-electron chi connectivity index (χ4n) is 5.10. The highest BCUT2D eigenvalue weighted by atomic mass is 16.5. The van der Waals surface area contributed by atoms with Crippen LogP contribution in [-0.2, 0) is 19.1 Å². The first-order valence-corrected chi connectivity index (χ1v) is 8.35. The fraction of sp³-hybridized carbons (Fsp3) is 0.667. The number of cyclic esters (lactones) is 2. The van der Waals surface area contributed by atoms with Crippen LogP contribution < -0.4 is 0 Å². The third-order valence-corrected chi connectivity index (χ3v) is 6.34. The quantitative estimate of drug-likeness (QED) is 0.698. The van der Waals surface area contributed by atoms with Crippen molar-refractivity contribution in [3.05, 3.63) is 24.7 Å². The van der Waals surface area contributed by atoms with E-state index in [4.69, 9.17) is 9.47 Å². The molecule has 2 heterocycles. The molecule has 4 nitrogen and oxygen atoms in total. The van der Waals surface area contributed by atoms with Gasteiger partial charge in [0.25, 0.3) is 0 Å². The molecule has 2 saturated heterocycles. The summed E-state index contributed by atoms with van der Waals surface area (Å²) in [5.41, 5.74) is 0. The molecule has 2 aliphatic heterocycles. The summed E-state index contributed by atoms with van der Waals surface area (Å²) < 4.78 is 10.5. The Bertz CT molecular complexity index is 513. The van der Waals surface area contributed by atoms with E-state index in [1.165, 1.54) is 0 Å². The summed E-state index contributed by atoms with van der Waals surface area (Å²) in [6.07, 6.45) is 5.97. The predicted molar refractivity (Wildman–Crippen MR) is 79.1 cm³/mol. The molecular formula is C18H22O4. The Morgan fingerprint density at radius 2 is 1.09 bits per heavy atom. The van der Waals surface area contributed by atoms with Gasteiger partial charge < -0.3 is 9.47 Å². The number of hydrogen-bond donors (Lipinski definition) is 0. The second-order valence-corrected chi connectivity index (χ2v) is 7.35. The Morgan fingerprint density at radius 1 is 0.682 bits per heavy atom. The molecule has 4 rings (SSSR count). The number of hydrogen-bond acceptors (Lipinski definition) is 4. The van der Waals surface area contributed by atoms with E-state index in [0.29, 0.717) is 23.4 Å². The summed E-state index contributed by atoms with van der Waals surface area (Å²) in [4.78, 5) is 23.6. The van der Waals surface area contributed by atoms with E-state index in [9.17, 15) is 9.59 Å². The van der Waals surface area contributed by atoms with E-state index in [0.717, 1.165) is 38.5 Å². The van der Waals surface area contributed by atoms with Crippen LogP contribution in [0.1, 0.15) is 38.5 Å². The van der Waals surface area contributed by atoms with Crippen LogP contribution in [0.15, 0.2) is 24.7 Å². The van der Waals surface area contributed by atoms with E-state index in [-0.39, 0.29) is 35.6 Å². The Balaban J connectivity index is 1.45. The zero-order valence-corrected chi connectivity index (χ0v) is 12.8. The number of rotatable bonds is 1. The van der Waals surface area contributed by atoms with Gasteiger partial charge in [-0.05, 0) is 50.4 Å². The van der Waals surface area contributed by atoms with Crippen LogP contribution >= 0.6 is 0 Å². The van der Waals surface area contributed by atoms with Crippen LogP contribution in [-0.4, -0.2) is 11.9 Å². The number of allylic oxidation sites excluding steroid dienone is 2. The lowest BCUT2D eigenvalue weighted by molar-refractivity contribution is -0.141. The predicted octanol–water partition coefficient (Wildman–Crippen LogP) is 3.19. The van der Waals surface area contributed by atoms with Gasteiger partial charge in [-0.25, -0.2) is 0 Å². The smallest absolute Gasteiger partial charge is 0.314 e. The molecule has 118 valence electrons. The Kier molecular flexibility index (Phi) is 3.17. The van der Waals surface area contributed by atoms with Crippen LogP contribution in [0.5, 0.6) is 0 Å². The molecule has 6 atom stereocenters. The molecular weight excluding hydrogens is 280 g/mol. The average molecular weight is 302 g/mol. The lowest BCUT2D eigenvalue weighted by Gasteiger charge is -2.39. The minimum atomic E-state index is -0.0830. The topological polar surface area (TPSA) is 52.6 Å². The standard InChI is InChI=1S/C18H22O4/c1-9-15-7-11(3-5-13(15)17(19)21-9)12-4-6-14-16(8-12)10(2)22-18(14)20/h11-16H,1-8H2/t11?,12?,13-,14-,15-,16?/m1/s1. The van der Waals surface area contributed by atoms with Crippen LogP contribution in [0, 0.1) is 35.5 Å².